The predicted octanol–water partition coefficient (Wildman–Crippen LogP) is 5.46. The van der Waals surface area contributed by atoms with E-state index >= 15 is 0 Å². The highest BCUT2D eigenvalue weighted by Gasteiger charge is 2.27. The Morgan fingerprint density at radius 1 is 1.10 bits per heavy atom. The molecule has 0 saturated carbocycles. The number of fused-ring (bicyclic) bond motifs is 1. The lowest BCUT2D eigenvalue weighted by atomic mass is 10.1. The van der Waals surface area contributed by atoms with Crippen LogP contribution in [0, 0.1) is 5.82 Å². The third-order valence-corrected chi connectivity index (χ3v) is 5.03. The maximum absolute atomic E-state index is 13.2. The van der Waals surface area contributed by atoms with E-state index in [0.717, 1.165) is 0 Å². The number of carbonyl (C=O) groups is 2. The summed E-state index contributed by atoms with van der Waals surface area (Å²) >= 11 is 6.02. The van der Waals surface area contributed by atoms with Crippen LogP contribution in [0.4, 0.5) is 4.39 Å². The quantitative estimate of drug-likeness (QED) is 0.391. The highest BCUT2D eigenvalue weighted by molar-refractivity contribution is 6.31. The summed E-state index contributed by atoms with van der Waals surface area (Å²) in [5.74, 6) is -0.0767. The summed E-state index contributed by atoms with van der Waals surface area (Å²) in [6, 6.07) is 15.6. The summed E-state index contributed by atoms with van der Waals surface area (Å²) in [4.78, 5) is 24.2. The van der Waals surface area contributed by atoms with Crippen molar-refractivity contribution >= 4 is 29.4 Å². The van der Waals surface area contributed by atoms with E-state index < -0.39 is 11.8 Å². The molecule has 0 aliphatic carbocycles. The van der Waals surface area contributed by atoms with Crippen molar-refractivity contribution < 1.29 is 28.2 Å². The second kappa shape index (κ2) is 8.62. The van der Waals surface area contributed by atoms with Gasteiger partial charge in [0.1, 0.15) is 23.9 Å². The minimum Gasteiger partial charge on any atom is -0.489 e. The summed E-state index contributed by atoms with van der Waals surface area (Å²) in [6.45, 7) is 0.140. The van der Waals surface area contributed by atoms with Gasteiger partial charge in [0.05, 0.1) is 23.3 Å². The molecule has 0 radical (unpaired) electrons. The van der Waals surface area contributed by atoms with Crippen molar-refractivity contribution in [1.82, 2.24) is 0 Å². The van der Waals surface area contributed by atoms with Crippen LogP contribution in [0.15, 0.2) is 66.4 Å². The number of allylic oxidation sites excluding steroid dienone is 1. The van der Waals surface area contributed by atoms with Gasteiger partial charge in [0.2, 0.25) is 5.78 Å². The smallest absolute Gasteiger partial charge is 0.337 e. The number of benzene rings is 3. The lowest BCUT2D eigenvalue weighted by Crippen LogP contribution is -2.01. The van der Waals surface area contributed by atoms with Gasteiger partial charge in [-0.15, -0.1) is 0 Å². The van der Waals surface area contributed by atoms with Crippen LogP contribution in [-0.4, -0.2) is 18.9 Å². The Balaban J connectivity index is 1.48. The zero-order chi connectivity index (χ0) is 22.0. The van der Waals surface area contributed by atoms with Crippen molar-refractivity contribution in [1.29, 1.82) is 0 Å². The average Bonchev–Trinajstić information content (AvgIpc) is 3.07. The lowest BCUT2D eigenvalue weighted by Gasteiger charge is -2.08. The van der Waals surface area contributed by atoms with Gasteiger partial charge in [-0.3, -0.25) is 4.79 Å². The normalized spacial score (nSPS) is 13.6. The molecule has 1 heterocycles. The first kappa shape index (κ1) is 20.6. The Labute approximate surface area is 182 Å². The molecule has 0 N–H and O–H groups in total. The number of hydrogen-bond donors (Lipinski definition) is 0. The van der Waals surface area contributed by atoms with E-state index in [0.29, 0.717) is 33.8 Å². The number of methoxy groups -OCH3 is 1. The Hall–Kier alpha value is -3.64. The molecular formula is C24H16ClFO5. The topological polar surface area (TPSA) is 61.8 Å². The summed E-state index contributed by atoms with van der Waals surface area (Å²) in [5, 5.41) is 0.274. The van der Waals surface area contributed by atoms with E-state index in [4.69, 9.17) is 21.1 Å². The molecule has 156 valence electrons. The molecule has 3 aromatic carbocycles. The van der Waals surface area contributed by atoms with Crippen molar-refractivity contribution in [2.75, 3.05) is 7.11 Å². The fraction of sp³-hybridized carbons (Fsp3) is 0.0833. The van der Waals surface area contributed by atoms with Crippen LogP contribution < -0.4 is 9.47 Å². The first-order chi connectivity index (χ1) is 14.9. The van der Waals surface area contributed by atoms with E-state index in [-0.39, 0.29) is 23.2 Å². The average molecular weight is 439 g/mol. The molecule has 0 saturated heterocycles. The monoisotopic (exact) mass is 438 g/mol. The van der Waals surface area contributed by atoms with Crippen LogP contribution in [0.3, 0.4) is 0 Å². The highest BCUT2D eigenvalue weighted by Crippen LogP contribution is 2.35. The molecule has 0 amide bonds. The molecule has 7 heteroatoms. The molecule has 0 atom stereocenters. The van der Waals surface area contributed by atoms with Crippen molar-refractivity contribution in [3.63, 3.8) is 0 Å². The van der Waals surface area contributed by atoms with Gasteiger partial charge in [-0.25, -0.2) is 9.18 Å². The van der Waals surface area contributed by atoms with Crippen LogP contribution >= 0.6 is 11.6 Å². The van der Waals surface area contributed by atoms with E-state index in [1.54, 1.807) is 54.6 Å². The molecule has 0 bridgehead atoms. The number of hydrogen-bond acceptors (Lipinski definition) is 5. The van der Waals surface area contributed by atoms with Gasteiger partial charge in [0, 0.05) is 11.6 Å². The van der Waals surface area contributed by atoms with Crippen molar-refractivity contribution in [2.24, 2.45) is 0 Å². The minimum atomic E-state index is -0.436. The third-order valence-electron chi connectivity index (χ3n) is 4.68. The fourth-order valence-electron chi connectivity index (χ4n) is 3.04. The van der Waals surface area contributed by atoms with Gasteiger partial charge >= 0.3 is 5.97 Å². The molecule has 3 aromatic rings. The molecule has 1 aliphatic rings. The molecule has 1 aliphatic heterocycles. The molecule has 31 heavy (non-hydrogen) atoms. The SMILES string of the molecule is COC(=O)c1ccc(/C=C2\Oc3cc(OCc4ccc(F)cc4Cl)ccc3C2=O)cc1. The highest BCUT2D eigenvalue weighted by atomic mass is 35.5. The first-order valence-corrected chi connectivity index (χ1v) is 9.66. The van der Waals surface area contributed by atoms with Gasteiger partial charge in [-0.05, 0) is 48.0 Å². The first-order valence-electron chi connectivity index (χ1n) is 9.28. The van der Waals surface area contributed by atoms with Crippen LogP contribution in [0.25, 0.3) is 6.08 Å². The Bertz CT molecular complexity index is 1200. The lowest BCUT2D eigenvalue weighted by molar-refractivity contribution is 0.0600. The fourth-order valence-corrected chi connectivity index (χ4v) is 3.26. The van der Waals surface area contributed by atoms with Crippen LogP contribution in [-0.2, 0) is 11.3 Å². The molecule has 0 fully saturated rings. The zero-order valence-electron chi connectivity index (χ0n) is 16.4. The van der Waals surface area contributed by atoms with Gasteiger partial charge < -0.3 is 14.2 Å². The zero-order valence-corrected chi connectivity index (χ0v) is 17.1. The van der Waals surface area contributed by atoms with Crippen LogP contribution in [0.2, 0.25) is 5.02 Å². The molecule has 0 unspecified atom stereocenters. The van der Waals surface area contributed by atoms with Crippen molar-refractivity contribution in [2.45, 2.75) is 6.61 Å². The van der Waals surface area contributed by atoms with E-state index in [9.17, 15) is 14.0 Å². The summed E-state index contributed by atoms with van der Waals surface area (Å²) in [7, 11) is 1.31. The Morgan fingerprint density at radius 2 is 1.87 bits per heavy atom. The van der Waals surface area contributed by atoms with E-state index in [1.165, 1.54) is 19.2 Å². The van der Waals surface area contributed by atoms with Crippen molar-refractivity contribution in [3.8, 4) is 11.5 Å². The third kappa shape index (κ3) is 4.44. The second-order valence-corrected chi connectivity index (χ2v) is 7.14. The number of ether oxygens (including phenoxy) is 3. The Kier molecular flexibility index (Phi) is 5.73. The molecule has 5 nitrogen and oxygen atoms in total. The summed E-state index contributed by atoms with van der Waals surface area (Å²) in [5.41, 5.74) is 2.17. The maximum atomic E-state index is 13.2. The number of Topliss-reactive ketones (excluding diaryl/α,β-unsaturated/α-hetero) is 1. The number of rotatable bonds is 5. The number of carbonyl (C=O) groups excluding carboxylic acids is 2. The predicted molar refractivity (Wildman–Crippen MR) is 113 cm³/mol. The van der Waals surface area contributed by atoms with Gasteiger partial charge in [0.15, 0.2) is 5.76 Å². The maximum Gasteiger partial charge on any atom is 0.337 e. The standard InChI is InChI=1S/C24H16ClFO5/c1-29-24(28)15-4-2-14(3-5-15)10-22-23(27)19-9-8-18(12-21(19)31-22)30-13-16-6-7-17(26)11-20(16)25/h2-12H,13H2,1H3/b22-10-. The number of ketones is 1. The molecule has 0 spiro atoms. The van der Waals surface area contributed by atoms with Crippen molar-refractivity contribution in [3.05, 3.63) is 99.5 Å². The number of halogens is 2. The molecule has 0 aromatic heterocycles. The molecule has 4 rings (SSSR count). The summed E-state index contributed by atoms with van der Waals surface area (Å²) in [6.07, 6.45) is 1.60. The van der Waals surface area contributed by atoms with Crippen LogP contribution in [0.5, 0.6) is 11.5 Å². The van der Waals surface area contributed by atoms with E-state index in [2.05, 4.69) is 4.74 Å². The number of esters is 1. The van der Waals surface area contributed by atoms with Gasteiger partial charge in [0.25, 0.3) is 0 Å². The summed E-state index contributed by atoms with van der Waals surface area (Å²) < 4.78 is 29.3. The van der Waals surface area contributed by atoms with E-state index in [1.807, 2.05) is 0 Å². The van der Waals surface area contributed by atoms with Crippen LogP contribution in [0.1, 0.15) is 31.8 Å². The minimum absolute atomic E-state index is 0.140. The second-order valence-electron chi connectivity index (χ2n) is 6.74. The van der Waals surface area contributed by atoms with Gasteiger partial charge in [-0.2, -0.15) is 0 Å². The molecular weight excluding hydrogens is 423 g/mol. The largest absolute Gasteiger partial charge is 0.489 e. The van der Waals surface area contributed by atoms with Gasteiger partial charge in [-0.1, -0.05) is 29.8 Å². The Morgan fingerprint density at radius 3 is 2.58 bits per heavy atom.